The monoisotopic (exact) mass is 159 g/mol. The molecule has 0 amide bonds. The smallest absolute Gasteiger partial charge is 0.130 e. The minimum Gasteiger partial charge on any atom is -0.130 e. The first-order valence-corrected chi connectivity index (χ1v) is 4.13. The molecule has 1 rings (SSSR count). The van der Waals surface area contributed by atoms with Crippen LogP contribution in [0.1, 0.15) is 0 Å². The molecule has 0 aliphatic heterocycles. The molecule has 47 valence electrons. The molecule has 0 saturated carbocycles. The van der Waals surface area contributed by atoms with Gasteiger partial charge in [0.25, 0.3) is 5.13 Å². The van der Waals surface area contributed by atoms with Gasteiger partial charge in [-0.15, -0.1) is 10.2 Å². The van der Waals surface area contributed by atoms with Gasteiger partial charge < -0.3 is 0 Å². The minimum atomic E-state index is 0.305. The Morgan fingerprint density at radius 1 is 1.67 bits per heavy atom. The van der Waals surface area contributed by atoms with Gasteiger partial charge in [-0.3, -0.25) is 0 Å². The van der Waals surface area contributed by atoms with Gasteiger partial charge in [-0.05, 0) is 11.8 Å². The topological polar surface area (TPSA) is 60.4 Å². The molecule has 1 radical (unpaired) electrons. The maximum atomic E-state index is 8.17. The van der Waals surface area contributed by atoms with Gasteiger partial charge in [-0.1, -0.05) is 28.2 Å². The van der Waals surface area contributed by atoms with Gasteiger partial charge in [0.15, 0.2) is 4.34 Å². The Balaban J connectivity index is 2.86. The molecule has 9 heavy (non-hydrogen) atoms. The highest BCUT2D eigenvalue weighted by Crippen LogP contribution is 2.24. The van der Waals surface area contributed by atoms with Crippen molar-refractivity contribution in [1.29, 1.82) is 0 Å². The average Bonchev–Trinajstić information content (AvgIpc) is 2.34. The fourth-order valence-electron chi connectivity index (χ4n) is 0.325. The standard InChI is InChI=1S/C3H3N4S2/c1-8-3-7-6-2(5-4)9-3/h1H3. The largest absolute Gasteiger partial charge is 0.254 e. The van der Waals surface area contributed by atoms with Crippen LogP contribution in [-0.2, 0) is 0 Å². The van der Waals surface area contributed by atoms with Crippen LogP contribution in [0.15, 0.2) is 9.45 Å². The molecule has 6 heteroatoms. The molecule has 0 saturated heterocycles. The zero-order valence-corrected chi connectivity index (χ0v) is 6.24. The van der Waals surface area contributed by atoms with Crippen LogP contribution < -0.4 is 5.53 Å². The third kappa shape index (κ3) is 1.46. The molecule has 0 spiro atoms. The van der Waals surface area contributed by atoms with E-state index >= 15 is 0 Å². The summed E-state index contributed by atoms with van der Waals surface area (Å²) in [5, 5.41) is 10.4. The summed E-state index contributed by atoms with van der Waals surface area (Å²) in [6.45, 7) is 0. The van der Waals surface area contributed by atoms with E-state index in [1.807, 2.05) is 6.26 Å². The van der Waals surface area contributed by atoms with E-state index in [-0.39, 0.29) is 0 Å². The van der Waals surface area contributed by atoms with Crippen molar-refractivity contribution in [3.63, 3.8) is 0 Å². The summed E-state index contributed by atoms with van der Waals surface area (Å²) < 4.78 is 0.808. The first-order chi connectivity index (χ1) is 4.36. The van der Waals surface area contributed by atoms with E-state index in [9.17, 15) is 0 Å². The van der Waals surface area contributed by atoms with Gasteiger partial charge in [0.1, 0.15) is 0 Å². The van der Waals surface area contributed by atoms with Crippen LogP contribution in [0.5, 0.6) is 0 Å². The molecule has 0 N–H and O–H groups in total. The minimum absolute atomic E-state index is 0.305. The fourth-order valence-corrected chi connectivity index (χ4v) is 1.37. The Bertz CT molecular complexity index is 207. The molecule has 0 atom stereocenters. The molecule has 1 heterocycles. The van der Waals surface area contributed by atoms with Gasteiger partial charge in [0.2, 0.25) is 0 Å². The van der Waals surface area contributed by atoms with E-state index in [4.69, 9.17) is 5.53 Å². The lowest BCUT2D eigenvalue weighted by molar-refractivity contribution is 0.999. The Morgan fingerprint density at radius 3 is 2.78 bits per heavy atom. The van der Waals surface area contributed by atoms with Crippen molar-refractivity contribution in [2.24, 2.45) is 5.11 Å². The number of nitrogens with zero attached hydrogens (tertiary/aromatic N) is 4. The van der Waals surface area contributed by atoms with Crippen molar-refractivity contribution < 1.29 is 0 Å². The average molecular weight is 159 g/mol. The maximum absolute atomic E-state index is 8.17. The molecule has 1 aromatic rings. The molecular weight excluding hydrogens is 156 g/mol. The summed E-state index contributed by atoms with van der Waals surface area (Å²) >= 11 is 2.74. The Labute approximate surface area is 60.2 Å². The van der Waals surface area contributed by atoms with Gasteiger partial charge >= 0.3 is 0 Å². The normalized spacial score (nSPS) is 9.44. The third-order valence-electron chi connectivity index (χ3n) is 0.656. The molecule has 0 fully saturated rings. The second-order valence-electron chi connectivity index (χ2n) is 1.15. The molecule has 0 aromatic carbocycles. The van der Waals surface area contributed by atoms with E-state index in [2.05, 4.69) is 15.3 Å². The Morgan fingerprint density at radius 2 is 2.44 bits per heavy atom. The first-order valence-electron chi connectivity index (χ1n) is 2.09. The molecule has 1 aromatic heterocycles. The van der Waals surface area contributed by atoms with Gasteiger partial charge in [-0.25, -0.2) is 0 Å². The van der Waals surface area contributed by atoms with Crippen LogP contribution >= 0.6 is 23.1 Å². The lowest BCUT2D eigenvalue weighted by Crippen LogP contribution is -1.65. The number of hydrogen-bond acceptors (Lipinski definition) is 5. The second-order valence-corrected chi connectivity index (χ2v) is 3.16. The van der Waals surface area contributed by atoms with Gasteiger partial charge in [0, 0.05) is 0 Å². The van der Waals surface area contributed by atoms with Crippen LogP contribution in [0.2, 0.25) is 0 Å². The molecule has 0 bridgehead atoms. The molecule has 0 aliphatic rings. The number of aromatic nitrogens is 2. The Kier molecular flexibility index (Phi) is 2.12. The summed E-state index contributed by atoms with van der Waals surface area (Å²) in [5.74, 6) is 0. The van der Waals surface area contributed by atoms with Crippen molar-refractivity contribution in [3.05, 3.63) is 0 Å². The summed E-state index contributed by atoms with van der Waals surface area (Å²) in [6.07, 6.45) is 1.89. The van der Waals surface area contributed by atoms with Crippen molar-refractivity contribution in [1.82, 2.24) is 15.7 Å². The van der Waals surface area contributed by atoms with Gasteiger partial charge in [-0.2, -0.15) is 0 Å². The predicted octanol–water partition coefficient (Wildman–Crippen LogP) is 1.14. The van der Waals surface area contributed by atoms with Gasteiger partial charge in [0.05, 0.1) is 0 Å². The van der Waals surface area contributed by atoms with Crippen LogP contribution in [-0.4, -0.2) is 16.5 Å². The predicted molar refractivity (Wildman–Crippen MR) is 35.9 cm³/mol. The van der Waals surface area contributed by atoms with Crippen molar-refractivity contribution in [2.45, 2.75) is 4.34 Å². The Hall–Kier alpha value is -0.490. The summed E-state index contributed by atoms with van der Waals surface area (Å²) in [7, 11) is 0. The highest BCUT2D eigenvalue weighted by molar-refractivity contribution is 8.00. The summed E-state index contributed by atoms with van der Waals surface area (Å²) in [4.78, 5) is 0. The van der Waals surface area contributed by atoms with E-state index in [1.165, 1.54) is 23.1 Å². The van der Waals surface area contributed by atoms with Crippen LogP contribution in [0.25, 0.3) is 0 Å². The SMILES string of the molecule is CSc1nnc(N=[N])s1. The highest BCUT2D eigenvalue weighted by atomic mass is 32.2. The van der Waals surface area contributed by atoms with E-state index in [0.29, 0.717) is 5.13 Å². The van der Waals surface area contributed by atoms with E-state index in [0.717, 1.165) is 4.34 Å². The highest BCUT2D eigenvalue weighted by Gasteiger charge is 1.98. The number of thioether (sulfide) groups is 1. The number of hydrogen-bond donors (Lipinski definition) is 0. The van der Waals surface area contributed by atoms with Crippen LogP contribution in [0.4, 0.5) is 5.13 Å². The molecular formula is C3H3N4S2. The second kappa shape index (κ2) is 2.88. The van der Waals surface area contributed by atoms with Crippen LogP contribution in [0.3, 0.4) is 0 Å². The van der Waals surface area contributed by atoms with Crippen molar-refractivity contribution in [2.75, 3.05) is 6.26 Å². The zero-order valence-electron chi connectivity index (χ0n) is 4.61. The van der Waals surface area contributed by atoms with E-state index < -0.39 is 0 Å². The first kappa shape index (κ1) is 6.63. The summed E-state index contributed by atoms with van der Waals surface area (Å²) in [6, 6.07) is 0. The van der Waals surface area contributed by atoms with Crippen molar-refractivity contribution in [3.8, 4) is 0 Å². The van der Waals surface area contributed by atoms with Crippen molar-refractivity contribution >= 4 is 28.2 Å². The lowest BCUT2D eigenvalue weighted by Gasteiger charge is -1.75. The zero-order chi connectivity index (χ0) is 6.69. The molecule has 4 nitrogen and oxygen atoms in total. The van der Waals surface area contributed by atoms with Crippen LogP contribution in [0, 0.1) is 0 Å². The lowest BCUT2D eigenvalue weighted by atomic mass is 11.3. The summed E-state index contributed by atoms with van der Waals surface area (Å²) in [5.41, 5.74) is 8.17. The fraction of sp³-hybridized carbons (Fsp3) is 0.333. The van der Waals surface area contributed by atoms with E-state index in [1.54, 1.807) is 0 Å². The quantitative estimate of drug-likeness (QED) is 0.480. The molecule has 0 unspecified atom stereocenters. The number of rotatable bonds is 2. The third-order valence-corrected chi connectivity index (χ3v) is 2.44. The molecule has 0 aliphatic carbocycles. The maximum Gasteiger partial charge on any atom is 0.254 e.